The van der Waals surface area contributed by atoms with Gasteiger partial charge >= 0.3 is 6.18 Å². The summed E-state index contributed by atoms with van der Waals surface area (Å²) in [6.07, 6.45) is -3.99. The van der Waals surface area contributed by atoms with E-state index in [-0.39, 0.29) is 0 Å². The Bertz CT molecular complexity index is 661. The number of nitro groups is 1. The number of nitrogens with zero attached hydrogens (tertiary/aromatic N) is 2. The van der Waals surface area contributed by atoms with Crippen molar-refractivity contribution in [3.05, 3.63) is 70.0 Å². The van der Waals surface area contributed by atoms with E-state index in [4.69, 9.17) is 0 Å². The molecule has 0 radical (unpaired) electrons. The Kier molecular flexibility index (Phi) is 3.65. The van der Waals surface area contributed by atoms with Gasteiger partial charge in [0.1, 0.15) is 0 Å². The number of aliphatic hydroxyl groups is 1. The lowest BCUT2D eigenvalue weighted by atomic mass is 9.89. The summed E-state index contributed by atoms with van der Waals surface area (Å²) in [6, 6.07) is 7.46. The number of benzene rings is 1. The van der Waals surface area contributed by atoms with Crippen LogP contribution in [0.5, 0.6) is 0 Å². The normalized spacial score (nSPS) is 14.5. The van der Waals surface area contributed by atoms with Crippen LogP contribution in [0.1, 0.15) is 11.3 Å². The molecule has 1 N–H and O–H groups in total. The Hall–Kier alpha value is -2.48. The molecule has 2 rings (SSSR count). The van der Waals surface area contributed by atoms with Crippen molar-refractivity contribution in [2.75, 3.05) is 0 Å². The smallest absolute Gasteiger partial charge is 0.371 e. The molecule has 1 atom stereocenters. The van der Waals surface area contributed by atoms with Crippen molar-refractivity contribution in [2.24, 2.45) is 0 Å². The maximum atomic E-state index is 13.3. The quantitative estimate of drug-likeness (QED) is 0.698. The Morgan fingerprint density at radius 3 is 2.38 bits per heavy atom. The zero-order chi connectivity index (χ0) is 15.7. The molecule has 0 fully saturated rings. The van der Waals surface area contributed by atoms with Crippen LogP contribution in [-0.2, 0) is 5.60 Å². The first kappa shape index (κ1) is 14.9. The first-order valence-electron chi connectivity index (χ1n) is 5.72. The van der Waals surface area contributed by atoms with Crippen molar-refractivity contribution in [1.82, 2.24) is 4.98 Å². The van der Waals surface area contributed by atoms with E-state index in [2.05, 4.69) is 4.98 Å². The topological polar surface area (TPSA) is 76.3 Å². The third-order valence-electron chi connectivity index (χ3n) is 2.92. The average Bonchev–Trinajstić information content (AvgIpc) is 2.46. The van der Waals surface area contributed by atoms with Crippen molar-refractivity contribution in [3.63, 3.8) is 0 Å². The van der Waals surface area contributed by atoms with Gasteiger partial charge in [-0.15, -0.1) is 0 Å². The van der Waals surface area contributed by atoms with Crippen LogP contribution in [-0.4, -0.2) is 21.2 Å². The SMILES string of the molecule is O=[N+]([O-])c1cccc(C(O)(c2ccccn2)C(F)(F)F)c1. The summed E-state index contributed by atoms with van der Waals surface area (Å²) in [5.74, 6) is 0. The van der Waals surface area contributed by atoms with Gasteiger partial charge in [0.15, 0.2) is 0 Å². The minimum Gasteiger partial charge on any atom is -0.371 e. The number of pyridine rings is 1. The molecule has 110 valence electrons. The fourth-order valence-corrected chi connectivity index (χ4v) is 1.88. The number of hydrogen-bond donors (Lipinski definition) is 1. The summed E-state index contributed by atoms with van der Waals surface area (Å²) in [7, 11) is 0. The van der Waals surface area contributed by atoms with E-state index in [1.165, 1.54) is 12.1 Å². The number of aromatic nitrogens is 1. The molecule has 1 unspecified atom stereocenters. The van der Waals surface area contributed by atoms with Gasteiger partial charge in [-0.25, -0.2) is 0 Å². The van der Waals surface area contributed by atoms with E-state index >= 15 is 0 Å². The molecule has 0 spiro atoms. The molecular weight excluding hydrogens is 289 g/mol. The van der Waals surface area contributed by atoms with E-state index < -0.39 is 33.6 Å². The van der Waals surface area contributed by atoms with Gasteiger partial charge in [-0.05, 0) is 12.1 Å². The van der Waals surface area contributed by atoms with E-state index in [1.807, 2.05) is 0 Å². The number of alkyl halides is 3. The largest absolute Gasteiger partial charge is 0.427 e. The van der Waals surface area contributed by atoms with Gasteiger partial charge < -0.3 is 5.11 Å². The second kappa shape index (κ2) is 5.13. The molecule has 0 amide bonds. The van der Waals surface area contributed by atoms with Crippen LogP contribution in [0, 0.1) is 10.1 Å². The fourth-order valence-electron chi connectivity index (χ4n) is 1.88. The summed E-state index contributed by atoms with van der Waals surface area (Å²) < 4.78 is 40.0. The van der Waals surface area contributed by atoms with Crippen LogP contribution < -0.4 is 0 Å². The standard InChI is InChI=1S/C13H9F3N2O3/c14-13(15,16)12(19,11-6-1-2-7-17-11)9-4-3-5-10(8-9)18(20)21/h1-8,19H. The highest BCUT2D eigenvalue weighted by atomic mass is 19.4. The van der Waals surface area contributed by atoms with Gasteiger partial charge in [-0.2, -0.15) is 13.2 Å². The zero-order valence-corrected chi connectivity index (χ0v) is 10.4. The second-order valence-electron chi connectivity index (χ2n) is 4.23. The van der Waals surface area contributed by atoms with Gasteiger partial charge in [0.05, 0.1) is 10.6 Å². The Morgan fingerprint density at radius 2 is 1.86 bits per heavy atom. The number of halogens is 3. The number of hydrogen-bond acceptors (Lipinski definition) is 4. The molecule has 1 heterocycles. The van der Waals surface area contributed by atoms with Gasteiger partial charge in [-0.1, -0.05) is 18.2 Å². The molecule has 5 nitrogen and oxygen atoms in total. The molecule has 21 heavy (non-hydrogen) atoms. The molecule has 0 aliphatic heterocycles. The van der Waals surface area contributed by atoms with Crippen molar-refractivity contribution in [1.29, 1.82) is 0 Å². The summed E-state index contributed by atoms with van der Waals surface area (Å²) >= 11 is 0. The van der Waals surface area contributed by atoms with Gasteiger partial charge in [0.25, 0.3) is 5.69 Å². The van der Waals surface area contributed by atoms with Crippen LogP contribution in [0.3, 0.4) is 0 Å². The Balaban J connectivity index is 2.68. The van der Waals surface area contributed by atoms with Crippen molar-refractivity contribution in [2.45, 2.75) is 11.8 Å². The van der Waals surface area contributed by atoms with E-state index in [1.54, 1.807) is 0 Å². The molecule has 2 aromatic rings. The second-order valence-corrected chi connectivity index (χ2v) is 4.23. The predicted octanol–water partition coefficient (Wildman–Crippen LogP) is 2.79. The summed E-state index contributed by atoms with van der Waals surface area (Å²) in [6.45, 7) is 0. The summed E-state index contributed by atoms with van der Waals surface area (Å²) in [5.41, 5.74) is -5.28. The van der Waals surface area contributed by atoms with E-state index in [9.17, 15) is 28.4 Å². The molecule has 0 saturated carbocycles. The van der Waals surface area contributed by atoms with Gasteiger partial charge in [0.2, 0.25) is 5.60 Å². The van der Waals surface area contributed by atoms with Crippen LogP contribution in [0.15, 0.2) is 48.7 Å². The molecule has 1 aromatic heterocycles. The third kappa shape index (κ3) is 2.57. The van der Waals surface area contributed by atoms with Crippen molar-refractivity contribution < 1.29 is 23.2 Å². The first-order chi connectivity index (χ1) is 9.76. The van der Waals surface area contributed by atoms with E-state index in [0.717, 1.165) is 30.5 Å². The van der Waals surface area contributed by atoms with Crippen LogP contribution in [0.25, 0.3) is 0 Å². The van der Waals surface area contributed by atoms with Crippen molar-refractivity contribution in [3.8, 4) is 0 Å². The molecule has 0 bridgehead atoms. The number of rotatable bonds is 3. The lowest BCUT2D eigenvalue weighted by Gasteiger charge is -2.30. The zero-order valence-electron chi connectivity index (χ0n) is 10.4. The average molecular weight is 298 g/mol. The molecule has 0 aliphatic carbocycles. The first-order valence-corrected chi connectivity index (χ1v) is 5.72. The number of non-ortho nitro benzene ring substituents is 1. The number of nitro benzene ring substituents is 1. The molecule has 0 saturated heterocycles. The molecule has 8 heteroatoms. The van der Waals surface area contributed by atoms with Crippen LogP contribution in [0.4, 0.5) is 18.9 Å². The highest BCUT2D eigenvalue weighted by Gasteiger charge is 2.57. The third-order valence-corrected chi connectivity index (χ3v) is 2.92. The predicted molar refractivity (Wildman–Crippen MR) is 66.4 cm³/mol. The monoisotopic (exact) mass is 298 g/mol. The minimum atomic E-state index is -5.09. The van der Waals surface area contributed by atoms with Crippen LogP contribution in [0.2, 0.25) is 0 Å². The van der Waals surface area contributed by atoms with Crippen molar-refractivity contribution >= 4 is 5.69 Å². The fraction of sp³-hybridized carbons (Fsp3) is 0.154. The van der Waals surface area contributed by atoms with Gasteiger partial charge in [0, 0.05) is 23.9 Å². The highest BCUT2D eigenvalue weighted by Crippen LogP contribution is 2.43. The lowest BCUT2D eigenvalue weighted by Crippen LogP contribution is -2.44. The lowest BCUT2D eigenvalue weighted by molar-refractivity contribution is -0.385. The Morgan fingerprint density at radius 1 is 1.14 bits per heavy atom. The summed E-state index contributed by atoms with van der Waals surface area (Å²) in [4.78, 5) is 13.4. The molecule has 1 aromatic carbocycles. The van der Waals surface area contributed by atoms with Crippen LogP contribution >= 0.6 is 0 Å². The molecule has 0 aliphatic rings. The minimum absolute atomic E-state index is 0.550. The molecular formula is C13H9F3N2O3. The maximum Gasteiger partial charge on any atom is 0.427 e. The highest BCUT2D eigenvalue weighted by molar-refractivity contribution is 5.42. The summed E-state index contributed by atoms with van der Waals surface area (Å²) in [5, 5.41) is 20.9. The van der Waals surface area contributed by atoms with E-state index in [0.29, 0.717) is 6.07 Å². The maximum absolute atomic E-state index is 13.3. The van der Waals surface area contributed by atoms with Gasteiger partial charge in [-0.3, -0.25) is 15.1 Å². The Labute approximate surface area is 116 Å².